The van der Waals surface area contributed by atoms with E-state index in [0.717, 1.165) is 42.5 Å². The second-order valence-electron chi connectivity index (χ2n) is 5.96. The van der Waals surface area contributed by atoms with Crippen molar-refractivity contribution in [1.82, 2.24) is 9.88 Å². The van der Waals surface area contributed by atoms with Crippen LogP contribution in [0.1, 0.15) is 21.8 Å². The maximum Gasteiger partial charge on any atom is 0.416 e. The number of hydrogen-bond acceptors (Lipinski definition) is 5. The maximum atomic E-state index is 12.8. The van der Waals surface area contributed by atoms with Crippen molar-refractivity contribution in [2.75, 3.05) is 31.1 Å². The molecular formula is C17H17F3N4S. The summed E-state index contributed by atoms with van der Waals surface area (Å²) in [5.41, 5.74) is 0.895. The van der Waals surface area contributed by atoms with Crippen molar-refractivity contribution in [2.45, 2.75) is 19.6 Å². The minimum atomic E-state index is -4.44. The van der Waals surface area contributed by atoms with Crippen LogP contribution in [-0.4, -0.2) is 36.1 Å². The zero-order valence-electron chi connectivity index (χ0n) is 13.7. The molecule has 2 aromatic rings. The molecule has 0 unspecified atom stereocenters. The van der Waals surface area contributed by atoms with Crippen molar-refractivity contribution in [3.63, 3.8) is 0 Å². The van der Waals surface area contributed by atoms with Gasteiger partial charge in [0.05, 0.1) is 27.5 Å². The SMILES string of the molecule is Cc1nc(CN2CCN(c3ccc(C(F)(F)F)cc3C#N)CC2)cs1. The first kappa shape index (κ1) is 17.7. The summed E-state index contributed by atoms with van der Waals surface area (Å²) in [6.45, 7) is 5.65. The molecule has 1 aromatic carbocycles. The first-order valence-corrected chi connectivity index (χ1v) is 8.74. The molecule has 132 valence electrons. The highest BCUT2D eigenvalue weighted by molar-refractivity contribution is 7.09. The minimum Gasteiger partial charge on any atom is -0.368 e. The fourth-order valence-electron chi connectivity index (χ4n) is 2.93. The Morgan fingerprint density at radius 3 is 2.52 bits per heavy atom. The third kappa shape index (κ3) is 4.11. The number of piperazine rings is 1. The summed E-state index contributed by atoms with van der Waals surface area (Å²) in [6, 6.07) is 5.27. The number of alkyl halides is 3. The van der Waals surface area contributed by atoms with E-state index >= 15 is 0 Å². The van der Waals surface area contributed by atoms with Crippen molar-refractivity contribution >= 4 is 17.0 Å². The Kier molecular flexibility index (Phi) is 4.97. The lowest BCUT2D eigenvalue weighted by Gasteiger charge is -2.36. The van der Waals surface area contributed by atoms with Gasteiger partial charge in [-0.2, -0.15) is 18.4 Å². The lowest BCUT2D eigenvalue weighted by Crippen LogP contribution is -2.46. The molecule has 0 saturated carbocycles. The second-order valence-corrected chi connectivity index (χ2v) is 7.02. The van der Waals surface area contributed by atoms with Crippen molar-refractivity contribution in [3.8, 4) is 6.07 Å². The molecule has 4 nitrogen and oxygen atoms in total. The van der Waals surface area contributed by atoms with Crippen LogP contribution in [0.3, 0.4) is 0 Å². The van der Waals surface area contributed by atoms with Crippen LogP contribution >= 0.6 is 11.3 Å². The summed E-state index contributed by atoms with van der Waals surface area (Å²) >= 11 is 1.62. The summed E-state index contributed by atoms with van der Waals surface area (Å²) in [5, 5.41) is 12.3. The van der Waals surface area contributed by atoms with E-state index in [0.29, 0.717) is 18.8 Å². The van der Waals surface area contributed by atoms with Crippen LogP contribution in [0.15, 0.2) is 23.6 Å². The molecule has 0 spiro atoms. The Morgan fingerprint density at radius 1 is 1.24 bits per heavy atom. The number of aryl methyl sites for hydroxylation is 1. The molecule has 1 aliphatic heterocycles. The Balaban J connectivity index is 1.67. The molecular weight excluding hydrogens is 349 g/mol. The molecule has 0 N–H and O–H groups in total. The van der Waals surface area contributed by atoms with Gasteiger partial charge >= 0.3 is 6.18 Å². The van der Waals surface area contributed by atoms with E-state index in [2.05, 4.69) is 9.88 Å². The van der Waals surface area contributed by atoms with Crippen molar-refractivity contribution in [3.05, 3.63) is 45.4 Å². The molecule has 1 aromatic heterocycles. The zero-order valence-corrected chi connectivity index (χ0v) is 14.5. The number of benzene rings is 1. The minimum absolute atomic E-state index is 0.0680. The molecule has 0 bridgehead atoms. The van der Waals surface area contributed by atoms with Crippen LogP contribution in [0.25, 0.3) is 0 Å². The third-order valence-corrected chi connectivity index (χ3v) is 5.03. The predicted octanol–water partition coefficient (Wildman–Crippen LogP) is 3.66. The Hall–Kier alpha value is -2.11. The third-order valence-electron chi connectivity index (χ3n) is 4.21. The number of anilines is 1. The van der Waals surface area contributed by atoms with Gasteiger partial charge in [0.2, 0.25) is 0 Å². The quantitative estimate of drug-likeness (QED) is 0.831. The van der Waals surface area contributed by atoms with Crippen LogP contribution in [0.2, 0.25) is 0 Å². The van der Waals surface area contributed by atoms with Gasteiger partial charge in [0, 0.05) is 38.1 Å². The molecule has 1 fully saturated rings. The summed E-state index contributed by atoms with van der Waals surface area (Å²) in [4.78, 5) is 8.69. The van der Waals surface area contributed by atoms with Crippen LogP contribution in [-0.2, 0) is 12.7 Å². The molecule has 0 aliphatic carbocycles. The number of thiazole rings is 1. The van der Waals surface area contributed by atoms with E-state index < -0.39 is 11.7 Å². The van der Waals surface area contributed by atoms with Crippen LogP contribution in [0.4, 0.5) is 18.9 Å². The van der Waals surface area contributed by atoms with Gasteiger partial charge in [-0.15, -0.1) is 11.3 Å². The average molecular weight is 366 g/mol. The van der Waals surface area contributed by atoms with E-state index in [1.807, 2.05) is 23.3 Å². The highest BCUT2D eigenvalue weighted by Gasteiger charge is 2.31. The average Bonchev–Trinajstić information content (AvgIpc) is 2.99. The van der Waals surface area contributed by atoms with E-state index in [1.165, 1.54) is 6.07 Å². The second kappa shape index (κ2) is 7.02. The summed E-state index contributed by atoms with van der Waals surface area (Å²) in [5.74, 6) is 0. The predicted molar refractivity (Wildman–Crippen MR) is 90.5 cm³/mol. The lowest BCUT2D eigenvalue weighted by atomic mass is 10.1. The van der Waals surface area contributed by atoms with Gasteiger partial charge in [-0.3, -0.25) is 4.90 Å². The van der Waals surface area contributed by atoms with E-state index in [4.69, 9.17) is 0 Å². The van der Waals surface area contributed by atoms with Crippen LogP contribution in [0, 0.1) is 18.3 Å². The van der Waals surface area contributed by atoms with Crippen molar-refractivity contribution in [2.24, 2.45) is 0 Å². The van der Waals surface area contributed by atoms with Gasteiger partial charge in [0.1, 0.15) is 6.07 Å². The summed E-state index contributed by atoms with van der Waals surface area (Å²) in [6.07, 6.45) is -4.44. The Bertz CT molecular complexity index is 786. The fraction of sp³-hybridized carbons (Fsp3) is 0.412. The van der Waals surface area contributed by atoms with Crippen LogP contribution in [0.5, 0.6) is 0 Å². The highest BCUT2D eigenvalue weighted by atomic mass is 32.1. The molecule has 2 heterocycles. The number of halogens is 3. The van der Waals surface area contributed by atoms with Gasteiger partial charge in [-0.05, 0) is 25.1 Å². The summed E-state index contributed by atoms with van der Waals surface area (Å²) < 4.78 is 38.4. The number of nitriles is 1. The Labute approximate surface area is 148 Å². The molecule has 0 radical (unpaired) electrons. The first-order chi connectivity index (χ1) is 11.9. The molecule has 25 heavy (non-hydrogen) atoms. The fourth-order valence-corrected chi connectivity index (χ4v) is 3.54. The van der Waals surface area contributed by atoms with Gasteiger partial charge in [0.25, 0.3) is 0 Å². The van der Waals surface area contributed by atoms with Gasteiger partial charge in [-0.1, -0.05) is 0 Å². The topological polar surface area (TPSA) is 43.2 Å². The van der Waals surface area contributed by atoms with Crippen LogP contribution < -0.4 is 4.90 Å². The van der Waals surface area contributed by atoms with Gasteiger partial charge in [0.15, 0.2) is 0 Å². The molecule has 3 rings (SSSR count). The lowest BCUT2D eigenvalue weighted by molar-refractivity contribution is -0.137. The Morgan fingerprint density at radius 2 is 1.96 bits per heavy atom. The smallest absolute Gasteiger partial charge is 0.368 e. The van der Waals surface area contributed by atoms with E-state index in [9.17, 15) is 18.4 Å². The maximum absolute atomic E-state index is 12.8. The standard InChI is InChI=1S/C17H17F3N4S/c1-12-22-15(11-25-12)10-23-4-6-24(7-5-23)16-3-2-14(17(18,19)20)8-13(16)9-21/h2-3,8,11H,4-7,10H2,1H3. The molecule has 0 atom stereocenters. The van der Waals surface area contributed by atoms with Gasteiger partial charge < -0.3 is 4.90 Å². The van der Waals surface area contributed by atoms with Crippen molar-refractivity contribution in [1.29, 1.82) is 5.26 Å². The molecule has 1 saturated heterocycles. The summed E-state index contributed by atoms with van der Waals surface area (Å²) in [7, 11) is 0. The number of nitrogens with zero attached hydrogens (tertiary/aromatic N) is 4. The van der Waals surface area contributed by atoms with Gasteiger partial charge in [-0.25, -0.2) is 4.98 Å². The number of aromatic nitrogens is 1. The normalized spacial score (nSPS) is 16.0. The molecule has 8 heteroatoms. The number of hydrogen-bond donors (Lipinski definition) is 0. The molecule has 1 aliphatic rings. The van der Waals surface area contributed by atoms with E-state index in [-0.39, 0.29) is 5.56 Å². The monoisotopic (exact) mass is 366 g/mol. The zero-order chi connectivity index (χ0) is 18.0. The number of rotatable bonds is 3. The van der Waals surface area contributed by atoms with E-state index in [1.54, 1.807) is 11.3 Å². The molecule has 0 amide bonds. The highest BCUT2D eigenvalue weighted by Crippen LogP contribution is 2.33. The largest absolute Gasteiger partial charge is 0.416 e. The van der Waals surface area contributed by atoms with Crippen molar-refractivity contribution < 1.29 is 13.2 Å². The first-order valence-electron chi connectivity index (χ1n) is 7.86.